The molecule has 0 bridgehead atoms. The number of nitriles is 5. The molecule has 294 valence electrons. The molecule has 0 atom stereocenters. The maximum absolute atomic E-state index is 10.3. The van der Waals surface area contributed by atoms with Crippen LogP contribution in [-0.2, 0) is 0 Å². The van der Waals surface area contributed by atoms with E-state index in [4.69, 9.17) is 0 Å². The molecule has 0 amide bonds. The zero-order valence-electron chi connectivity index (χ0n) is 34.3. The van der Waals surface area contributed by atoms with E-state index in [1.807, 2.05) is 170 Å². The molecule has 0 unspecified atom stereocenters. The van der Waals surface area contributed by atoms with E-state index >= 15 is 0 Å². The van der Waals surface area contributed by atoms with Gasteiger partial charge in [0.15, 0.2) is 0 Å². The molecule has 0 radical (unpaired) electrons. The summed E-state index contributed by atoms with van der Waals surface area (Å²) in [4.78, 5) is 0. The van der Waals surface area contributed by atoms with E-state index in [0.717, 1.165) is 89.0 Å². The minimum atomic E-state index is 0.527. The van der Waals surface area contributed by atoms with Crippen LogP contribution in [-0.4, -0.2) is 0 Å². The molecular weight excluding hydrogens is 779 g/mol. The number of rotatable bonds is 8. The van der Waals surface area contributed by atoms with Crippen molar-refractivity contribution < 1.29 is 0 Å². The summed E-state index contributed by atoms with van der Waals surface area (Å²) in [6.07, 6.45) is 0. The van der Waals surface area contributed by atoms with Gasteiger partial charge in [-0.3, -0.25) is 0 Å². The molecule has 5 heteroatoms. The average molecular weight is 812 g/mol. The summed E-state index contributed by atoms with van der Waals surface area (Å²) >= 11 is 0. The second kappa shape index (κ2) is 17.6. The van der Waals surface area contributed by atoms with Crippen molar-refractivity contribution in [3.63, 3.8) is 0 Å². The summed E-state index contributed by atoms with van der Waals surface area (Å²) in [6, 6.07) is 76.5. The maximum atomic E-state index is 10.3. The lowest BCUT2D eigenvalue weighted by molar-refractivity contribution is 1.46. The number of benzene rings is 9. The van der Waals surface area contributed by atoms with E-state index in [-0.39, 0.29) is 0 Å². The van der Waals surface area contributed by atoms with Gasteiger partial charge in [-0.05, 0) is 168 Å². The molecule has 5 nitrogen and oxygen atoms in total. The predicted molar refractivity (Wildman–Crippen MR) is 254 cm³/mol. The van der Waals surface area contributed by atoms with Crippen molar-refractivity contribution in [2.24, 2.45) is 0 Å². The van der Waals surface area contributed by atoms with E-state index in [0.29, 0.717) is 27.8 Å². The third-order valence-electron chi connectivity index (χ3n) is 11.4. The second-order valence-corrected chi connectivity index (χ2v) is 15.4. The van der Waals surface area contributed by atoms with Crippen LogP contribution in [0.25, 0.3) is 89.0 Å². The largest absolute Gasteiger partial charge is 0.192 e. The summed E-state index contributed by atoms with van der Waals surface area (Å²) in [6.45, 7) is 0. The Morgan fingerprint density at radius 1 is 0.203 bits per heavy atom. The third kappa shape index (κ3) is 8.15. The second-order valence-electron chi connectivity index (χ2n) is 15.4. The summed E-state index contributed by atoms with van der Waals surface area (Å²) < 4.78 is 0. The highest BCUT2D eigenvalue weighted by Gasteiger charge is 2.14. The van der Waals surface area contributed by atoms with Gasteiger partial charge in [-0.2, -0.15) is 26.3 Å². The van der Waals surface area contributed by atoms with Gasteiger partial charge in [0.2, 0.25) is 0 Å². The van der Waals surface area contributed by atoms with Crippen LogP contribution in [0.1, 0.15) is 27.8 Å². The SMILES string of the molecule is N#Cc1cccc(-c2cccc(-c3ccc(-c4cccc(-c5cc(C#N)cc(-c6cccc(-c7ccc(-c8cccc(-c9cccc(C#N)c9)c8)c(C#N)c7)c6)c5)c4)cc3C#N)c2)c1. The molecule has 9 aromatic rings. The molecule has 0 fully saturated rings. The van der Waals surface area contributed by atoms with Crippen molar-refractivity contribution in [1.82, 2.24) is 0 Å². The number of hydrogen-bond acceptors (Lipinski definition) is 5. The highest BCUT2D eigenvalue weighted by atomic mass is 14.3. The van der Waals surface area contributed by atoms with E-state index in [1.165, 1.54) is 0 Å². The molecule has 0 aromatic heterocycles. The summed E-state index contributed by atoms with van der Waals surface area (Å²) in [5, 5.41) is 49.7. The minimum Gasteiger partial charge on any atom is -0.192 e. The summed E-state index contributed by atoms with van der Waals surface area (Å²) in [7, 11) is 0. The Hall–Kier alpha value is -9.57. The van der Waals surface area contributed by atoms with Crippen molar-refractivity contribution in [3.05, 3.63) is 228 Å². The number of hydrogen-bond donors (Lipinski definition) is 0. The summed E-state index contributed by atoms with van der Waals surface area (Å²) in [5.41, 5.74) is 17.3. The van der Waals surface area contributed by atoms with Crippen LogP contribution in [0.5, 0.6) is 0 Å². The van der Waals surface area contributed by atoms with E-state index in [1.54, 1.807) is 12.1 Å². The predicted octanol–water partition coefficient (Wildman–Crippen LogP) is 14.4. The zero-order valence-corrected chi connectivity index (χ0v) is 34.3. The Labute approximate surface area is 372 Å². The topological polar surface area (TPSA) is 119 Å². The van der Waals surface area contributed by atoms with Crippen LogP contribution in [0.3, 0.4) is 0 Å². The van der Waals surface area contributed by atoms with E-state index in [2.05, 4.69) is 48.5 Å². The first-order valence-corrected chi connectivity index (χ1v) is 20.5. The van der Waals surface area contributed by atoms with Gasteiger partial charge in [-0.25, -0.2) is 0 Å². The Kier molecular flexibility index (Phi) is 10.9. The van der Waals surface area contributed by atoms with Crippen molar-refractivity contribution in [2.75, 3.05) is 0 Å². The van der Waals surface area contributed by atoms with Gasteiger partial charge in [0.05, 0.1) is 58.2 Å². The lowest BCUT2D eigenvalue weighted by atomic mass is 9.91. The van der Waals surface area contributed by atoms with Crippen LogP contribution < -0.4 is 0 Å². The highest BCUT2D eigenvalue weighted by Crippen LogP contribution is 2.37. The Bertz CT molecular complexity index is 3300. The molecular formula is C59H33N5. The van der Waals surface area contributed by atoms with Crippen molar-refractivity contribution >= 4 is 0 Å². The first-order valence-electron chi connectivity index (χ1n) is 20.5. The zero-order chi connectivity index (χ0) is 44.0. The minimum absolute atomic E-state index is 0.527. The Morgan fingerprint density at radius 3 is 0.828 bits per heavy atom. The van der Waals surface area contributed by atoms with Crippen LogP contribution in [0.4, 0.5) is 0 Å². The lowest BCUT2D eigenvalue weighted by Crippen LogP contribution is -1.90. The van der Waals surface area contributed by atoms with Crippen LogP contribution >= 0.6 is 0 Å². The smallest absolute Gasteiger partial charge is 0.0998 e. The Morgan fingerprint density at radius 2 is 0.469 bits per heavy atom. The van der Waals surface area contributed by atoms with Crippen LogP contribution in [0, 0.1) is 56.7 Å². The fourth-order valence-electron chi connectivity index (χ4n) is 8.19. The van der Waals surface area contributed by atoms with Crippen molar-refractivity contribution in [1.29, 1.82) is 26.3 Å². The first-order chi connectivity index (χ1) is 31.4. The fourth-order valence-corrected chi connectivity index (χ4v) is 8.19. The fraction of sp³-hybridized carbons (Fsp3) is 0. The van der Waals surface area contributed by atoms with Gasteiger partial charge in [0.25, 0.3) is 0 Å². The molecule has 64 heavy (non-hydrogen) atoms. The van der Waals surface area contributed by atoms with Gasteiger partial charge < -0.3 is 0 Å². The quantitative estimate of drug-likeness (QED) is 0.151. The monoisotopic (exact) mass is 811 g/mol. The molecule has 0 saturated carbocycles. The molecule has 0 spiro atoms. The van der Waals surface area contributed by atoms with Crippen LogP contribution in [0.2, 0.25) is 0 Å². The first kappa shape index (κ1) is 39.9. The van der Waals surface area contributed by atoms with Gasteiger partial charge >= 0.3 is 0 Å². The molecule has 9 rings (SSSR count). The van der Waals surface area contributed by atoms with Gasteiger partial charge in [-0.1, -0.05) is 121 Å². The standard InChI is InChI=1S/C59H33N5/c60-34-39-7-1-9-42(23-39)46-13-5-17-52(29-46)58-21-19-50(31-56(58)37-63)44-11-3-15-48(27-44)54-25-41(36-62)26-55(33-54)49-16-4-12-45(28-49)51-20-22-59(57(32-51)38-64)53-18-6-14-47(30-53)43-10-2-8-40(24-43)35-61/h1-33H. The van der Waals surface area contributed by atoms with Gasteiger partial charge in [0.1, 0.15) is 0 Å². The van der Waals surface area contributed by atoms with E-state index in [9.17, 15) is 26.3 Å². The van der Waals surface area contributed by atoms with E-state index < -0.39 is 0 Å². The molecule has 0 aliphatic carbocycles. The van der Waals surface area contributed by atoms with Crippen LogP contribution in [0.15, 0.2) is 200 Å². The summed E-state index contributed by atoms with van der Waals surface area (Å²) in [5.74, 6) is 0. The van der Waals surface area contributed by atoms with Gasteiger partial charge in [-0.15, -0.1) is 0 Å². The highest BCUT2D eigenvalue weighted by molar-refractivity contribution is 5.85. The molecule has 0 saturated heterocycles. The van der Waals surface area contributed by atoms with Gasteiger partial charge in [0, 0.05) is 0 Å². The lowest BCUT2D eigenvalue weighted by Gasteiger charge is -2.13. The Balaban J connectivity index is 1.01. The number of nitrogens with zero attached hydrogens (tertiary/aromatic N) is 5. The molecule has 9 aromatic carbocycles. The molecule has 0 aliphatic rings. The van der Waals surface area contributed by atoms with Crippen molar-refractivity contribution in [3.8, 4) is 119 Å². The third-order valence-corrected chi connectivity index (χ3v) is 11.4. The van der Waals surface area contributed by atoms with Crippen molar-refractivity contribution in [2.45, 2.75) is 0 Å². The molecule has 0 heterocycles. The normalized spacial score (nSPS) is 10.4. The molecule has 0 N–H and O–H groups in total. The average Bonchev–Trinajstić information content (AvgIpc) is 3.38. The maximum Gasteiger partial charge on any atom is 0.0998 e. The molecule has 0 aliphatic heterocycles.